The van der Waals surface area contributed by atoms with Crippen LogP contribution in [0.15, 0.2) is 78.9 Å². The molecule has 56 nitrogen and oxygen atoms in total. The van der Waals surface area contributed by atoms with E-state index in [-0.39, 0.29) is 217 Å². The van der Waals surface area contributed by atoms with Crippen molar-refractivity contribution in [3.05, 3.63) is 84.4 Å². The topological polar surface area (TPSA) is 993 Å². The predicted molar refractivity (Wildman–Crippen MR) is 553 cm³/mol. The van der Waals surface area contributed by atoms with Crippen LogP contribution in [0.4, 0.5) is 4.79 Å². The number of amides is 13. The number of thioether (sulfide) groups is 1. The van der Waals surface area contributed by atoms with Gasteiger partial charge in [-0.3, -0.25) is 106 Å². The molecule has 147 heavy (non-hydrogen) atoms. The Morgan fingerprint density at radius 1 is 0.299 bits per heavy atom. The third kappa shape index (κ3) is 49.1. The van der Waals surface area contributed by atoms with Crippen molar-refractivity contribution in [1.82, 2.24) is 117 Å². The fourth-order valence-electron chi connectivity index (χ4n) is 15.7. The first-order valence-corrected chi connectivity index (χ1v) is 49.4. The normalized spacial score (nSPS) is 15.4. The van der Waals surface area contributed by atoms with Crippen LogP contribution in [0.2, 0.25) is 0 Å². The summed E-state index contributed by atoms with van der Waals surface area (Å²) in [4.78, 5) is 201. The van der Waals surface area contributed by atoms with Gasteiger partial charge in [0.05, 0.1) is 12.1 Å². The van der Waals surface area contributed by atoms with E-state index in [4.69, 9.17) is 100 Å². The number of urea groups is 1. The van der Waals surface area contributed by atoms with Crippen molar-refractivity contribution >= 4 is 148 Å². The molecule has 3 aromatic carbocycles. The first kappa shape index (κ1) is 121. The van der Waals surface area contributed by atoms with Crippen molar-refractivity contribution in [2.24, 2.45) is 51.6 Å². The summed E-state index contributed by atoms with van der Waals surface area (Å²) >= 11 is 1.71. The Morgan fingerprint density at radius 2 is 0.537 bits per heavy atom. The molecule has 5 rings (SSSR count). The van der Waals surface area contributed by atoms with Gasteiger partial charge in [0, 0.05) is 89.2 Å². The molecule has 51 N–H and O–H groups in total. The second-order valence-electron chi connectivity index (χ2n) is 35.1. The second-order valence-corrected chi connectivity index (χ2v) is 36.3. The molecule has 2 aliphatic rings. The summed E-state index contributed by atoms with van der Waals surface area (Å²) in [5, 5.41) is 149. The Balaban J connectivity index is 1.47. The van der Waals surface area contributed by atoms with Gasteiger partial charge in [-0.15, -0.1) is 0 Å². The smallest absolute Gasteiger partial charge is 0.326 e. The van der Waals surface area contributed by atoms with Gasteiger partial charge in [0.2, 0.25) is 65.0 Å². The minimum Gasteiger partial charge on any atom is -0.481 e. The number of aliphatic carboxylic acids is 2. The molecule has 0 unspecified atom stereocenters. The van der Waals surface area contributed by atoms with Crippen LogP contribution in [0.3, 0.4) is 0 Å². The lowest BCUT2D eigenvalue weighted by molar-refractivity contribution is -0.142. The Bertz CT molecular complexity index is 4950. The van der Waals surface area contributed by atoms with Crippen molar-refractivity contribution in [3.8, 4) is 22.3 Å². The number of carboxylic acids is 2. The number of nitrogens with one attached hydrogen (secondary N) is 31. The van der Waals surface area contributed by atoms with Crippen LogP contribution in [-0.2, 0) is 68.7 Å². The number of nitrogens with two attached hydrogens (primary N) is 9. The maximum atomic E-state index is 15.3. The quantitative estimate of drug-likeness (QED) is 0.0108. The highest BCUT2D eigenvalue weighted by atomic mass is 32.2. The van der Waals surface area contributed by atoms with Crippen molar-refractivity contribution in [2.75, 3.05) is 64.7 Å². The molecule has 0 bridgehead atoms. The number of carbonyl (C=O) groups is 14. The number of hydrogen-bond donors (Lipinski definition) is 42. The Labute approximate surface area is 854 Å². The molecule has 810 valence electrons. The van der Waals surface area contributed by atoms with Crippen molar-refractivity contribution in [2.45, 2.75) is 244 Å². The molecule has 14 atom stereocenters. The van der Waals surface area contributed by atoms with Gasteiger partial charge >= 0.3 is 18.0 Å². The van der Waals surface area contributed by atoms with E-state index < -0.39 is 204 Å². The summed E-state index contributed by atoms with van der Waals surface area (Å²) in [7, 11) is 0. The molecule has 57 heteroatoms. The predicted octanol–water partition coefficient (Wildman–Crippen LogP) is -7.06. The number of benzene rings is 3. The van der Waals surface area contributed by atoms with Crippen LogP contribution < -0.4 is 169 Å². The molecule has 2 heterocycles. The maximum Gasteiger partial charge on any atom is 0.326 e. The fraction of sp³-hybridized carbons (Fsp3) is 0.544. The van der Waals surface area contributed by atoms with E-state index in [1.807, 2.05) is 54.6 Å². The molecule has 2 saturated heterocycles. The number of carbonyl (C=O) groups excluding carboxylic acids is 12. The Morgan fingerprint density at radius 3 is 0.789 bits per heavy atom. The molecule has 0 spiro atoms. The van der Waals surface area contributed by atoms with Crippen molar-refractivity contribution in [3.63, 3.8) is 0 Å². The first-order valence-electron chi connectivity index (χ1n) is 48.4. The number of fused-ring (bicyclic) bond motifs is 1. The van der Waals surface area contributed by atoms with E-state index in [2.05, 4.69) is 117 Å². The minimum absolute atomic E-state index is 0.00386. The molecule has 0 aliphatic carbocycles. The fourth-order valence-corrected chi connectivity index (χ4v) is 17.3. The molecule has 3 aromatic rings. The Kier molecular flexibility index (Phi) is 54.4. The third-order valence-electron chi connectivity index (χ3n) is 23.3. The first-order chi connectivity index (χ1) is 69.9. The largest absolute Gasteiger partial charge is 0.481 e. The van der Waals surface area contributed by atoms with Crippen molar-refractivity contribution < 1.29 is 77.3 Å². The summed E-state index contributed by atoms with van der Waals surface area (Å²) < 4.78 is 0. The number of hydrogen-bond acceptors (Lipinski definition) is 24. The van der Waals surface area contributed by atoms with Gasteiger partial charge in [0.15, 0.2) is 53.6 Å². The van der Waals surface area contributed by atoms with E-state index in [0.29, 0.717) is 24.8 Å². The lowest BCUT2D eigenvalue weighted by Crippen LogP contribution is -2.61. The summed E-state index contributed by atoms with van der Waals surface area (Å²) in [6, 6.07) is 6.22. The van der Waals surface area contributed by atoms with Gasteiger partial charge in [-0.2, -0.15) is 11.8 Å². The molecular weight excluding hydrogens is 1930 g/mol. The van der Waals surface area contributed by atoms with E-state index in [0.717, 1.165) is 28.0 Å². The average molecular weight is 2080 g/mol. The highest BCUT2D eigenvalue weighted by Crippen LogP contribution is 2.34. The molecule has 2 fully saturated rings. The zero-order valence-corrected chi connectivity index (χ0v) is 82.9. The zero-order valence-electron chi connectivity index (χ0n) is 82.1. The van der Waals surface area contributed by atoms with E-state index >= 15 is 24.0 Å². The minimum atomic E-state index is -1.84. The van der Waals surface area contributed by atoms with Crippen LogP contribution in [0.1, 0.15) is 160 Å². The second kappa shape index (κ2) is 65.9. The van der Waals surface area contributed by atoms with E-state index in [9.17, 15) is 53.4 Å². The molecule has 2 aliphatic heterocycles. The average Bonchev–Trinajstić information content (AvgIpc) is 1.63. The van der Waals surface area contributed by atoms with Gasteiger partial charge in [-0.05, 0) is 163 Å². The maximum absolute atomic E-state index is 15.3. The number of carboxylic acid groups (broad SMARTS) is 2. The highest BCUT2D eigenvalue weighted by molar-refractivity contribution is 8.00. The van der Waals surface area contributed by atoms with Gasteiger partial charge < -0.3 is 179 Å². The molecule has 0 radical (unpaired) electrons. The van der Waals surface area contributed by atoms with Crippen LogP contribution in [0, 0.1) is 48.7 Å². The summed E-state index contributed by atoms with van der Waals surface area (Å²) in [5.74, 6) is -17.3. The molecule has 0 saturated carbocycles. The molecular formula is C90H148N40O16S. The lowest BCUT2D eigenvalue weighted by atomic mass is 9.98. The van der Waals surface area contributed by atoms with Crippen LogP contribution >= 0.6 is 11.8 Å². The van der Waals surface area contributed by atoms with Gasteiger partial charge in [0.1, 0.15) is 66.5 Å². The van der Waals surface area contributed by atoms with Crippen LogP contribution in [0.5, 0.6) is 0 Å². The summed E-state index contributed by atoms with van der Waals surface area (Å²) in [6.45, 7) is -0.481. The molecule has 0 aromatic heterocycles. The monoisotopic (exact) mass is 2080 g/mol. The van der Waals surface area contributed by atoms with Crippen molar-refractivity contribution in [1.29, 1.82) is 48.7 Å². The van der Waals surface area contributed by atoms with Crippen LogP contribution in [0.25, 0.3) is 22.3 Å². The lowest BCUT2D eigenvalue weighted by Gasteiger charge is -2.29. The third-order valence-corrected chi connectivity index (χ3v) is 24.8. The van der Waals surface area contributed by atoms with Crippen LogP contribution in [-0.4, -0.2) is 295 Å². The highest BCUT2D eigenvalue weighted by Gasteiger charge is 2.43. The standard InChI is InChI=1S/C90H148N40O16S/c91-81(92)109-38-6-17-54(118-67(131)27-5-4-26-66-69-65(48-147-66)129-90(146)130-69)70(134)119-55(18-7-39-110-82(93)94)71(135)120-56(19-8-40-111-83(95)96)72(136)121-57(20-9-41-112-84(97)98)73(137)122-58(21-10-42-113-85(99)100)74(138)123-59(22-11-43-114-86(101)102)75(139)124-60(23-12-44-115-87(103)104)76(140)125-61(24-13-45-116-88(105)106)77(141)127-63(36-37-68(132)133)79(143)126-62(25-14-46-117-89(107)108)78(142)128-64(80(144)145)47-49-28-30-51(31-29-49)53-34-32-52(33-35-53)50-15-2-1-3-16-50/h1-3,15-16,28-35,54-66,69H,4-14,17-27,36-48H2,(H,118,131)(H,119,134)(H,120,135)(H,121,136)(H,122,137)(H,123,138)(H,124,139)(H,125,140)(H,126,143)(H,127,141)(H,128,142)(H,132,133)(H,144,145)(H4,91,92,109)(H4,93,94,110)(H4,95,96,111)(H4,97,98,112)(H4,99,100,113)(H4,101,102,114)(H4,103,104,115)(H4,105,106,116)(H4,107,108,117)(H2,129,130,146)/t54-,55-,56-,57-,58-,59-,60-,61-,62-,63-,64-,65-,66-,69-/m0/s1. The Hall–Kier alpha value is -16.2. The van der Waals surface area contributed by atoms with E-state index in [1.165, 1.54) is 0 Å². The van der Waals surface area contributed by atoms with Gasteiger partial charge in [-0.25, -0.2) is 9.59 Å². The van der Waals surface area contributed by atoms with Gasteiger partial charge in [-0.1, -0.05) is 85.3 Å². The number of rotatable bonds is 70. The zero-order chi connectivity index (χ0) is 108. The SMILES string of the molecule is N=C(N)NCCC[C@H](NC(=O)CCCC[C@@H]1SC[C@@H]2NC(=O)N[C@@H]21)C(=O)N[C@@H](CCCNC(=N)N)C(=O)N[C@@H](CCCNC(=N)N)C(=O)N[C@@H](CCCNC(=N)N)C(=O)N[C@@H](CCCNC(=N)N)C(=O)N[C@@H](CCCNC(=N)N)C(=O)N[C@@H](CCCNC(=N)N)C(=O)N[C@@H](CCCNC(=N)N)C(=O)N[C@@H](CCC(=O)O)C(=O)N[C@@H](CCCNC(=N)N)C(=O)N[C@@H](Cc1ccc(-c2ccc(-c3ccccc3)cc2)cc1)C(=O)O. The van der Waals surface area contributed by atoms with E-state index in [1.54, 1.807) is 36.0 Å². The van der Waals surface area contributed by atoms with Gasteiger partial charge in [0.25, 0.3) is 0 Å². The summed E-state index contributed by atoms with van der Waals surface area (Å²) in [6.07, 6.45) is -2.48. The number of guanidine groups is 9. The number of unbranched alkanes of at least 4 members (excludes halogenated alkanes) is 1. The molecule has 13 amide bonds. The summed E-state index contributed by atoms with van der Waals surface area (Å²) in [5.41, 5.74) is 54.6.